The van der Waals surface area contributed by atoms with Crippen LogP contribution >= 0.6 is 0 Å². The first-order valence-electron chi connectivity index (χ1n) is 1.15. The molecule has 0 heterocycles. The topological polar surface area (TPSA) is 0 Å². The van der Waals surface area contributed by atoms with E-state index in [-0.39, 0.29) is 0 Å². The summed E-state index contributed by atoms with van der Waals surface area (Å²) in [7, 11) is 0. The quantitative estimate of drug-likeness (QED) is 0.323. The van der Waals surface area contributed by atoms with E-state index >= 15 is 0 Å². The summed E-state index contributed by atoms with van der Waals surface area (Å²) < 4.78 is 0. The van der Waals surface area contributed by atoms with E-state index < -0.39 is 0 Å². The second-order valence-electron chi connectivity index (χ2n) is 0.577. The molecule has 0 radical (unpaired) electrons. The summed E-state index contributed by atoms with van der Waals surface area (Å²) in [6.45, 7) is 4.00. The second kappa shape index (κ2) is 0.500. The molecule has 0 saturated heterocycles. The third kappa shape index (κ3) is 0. The molecule has 0 spiro atoms. The molecule has 6 heavy (non-hydrogen) atoms. The van der Waals surface area contributed by atoms with Crippen LogP contribution in [-0.2, 0) is 0 Å². The zero-order valence-corrected chi connectivity index (χ0v) is 23.9. The maximum atomic E-state index is 2.00. The Morgan fingerprint density at radius 1 is 0.833 bits per heavy atom. The molecule has 0 unspecified atom stereocenters. The van der Waals surface area contributed by atoms with Gasteiger partial charge in [0, 0.05) is 0 Å². The SMILES string of the molecule is C[CH-]C.[Rf].[Rf].[Rf]. The van der Waals surface area contributed by atoms with E-state index in [0.29, 0.717) is 0 Å². The first kappa shape index (κ1) is 12.0. The predicted molar refractivity (Wildman–Crippen MR) is 15.6 cm³/mol. The van der Waals surface area contributed by atoms with Crippen LogP contribution in [0.3, 0.4) is 0 Å². The van der Waals surface area contributed by atoms with Crippen LogP contribution in [0.15, 0.2) is 0 Å². The molecule has 0 nitrogen and oxygen atoms in total. The van der Waals surface area contributed by atoms with Gasteiger partial charge in [0.15, 0.2) is 0 Å². The number of rotatable bonds is 0. The third-order valence-electron chi connectivity index (χ3n) is 0. The molecule has 0 aromatic rings. The van der Waals surface area contributed by atoms with Crippen molar-refractivity contribution in [1.29, 1.82) is 0 Å². The minimum atomic E-state index is 0. The van der Waals surface area contributed by atoms with Gasteiger partial charge in [0.25, 0.3) is 0 Å². The van der Waals surface area contributed by atoms with Gasteiger partial charge in [0.05, 0.1) is 0 Å². The van der Waals surface area contributed by atoms with E-state index in [1.165, 1.54) is 0 Å². The Labute approximate surface area is 21.5 Å². The van der Waals surface area contributed by atoms with Gasteiger partial charge < -0.3 is 6.42 Å². The third-order valence-corrected chi connectivity index (χ3v) is 0. The van der Waals surface area contributed by atoms with Crippen LogP contribution in [0, 0.1) is 6.42 Å². The minimum Gasteiger partial charge on any atom is -0.335 e. The van der Waals surface area contributed by atoms with Crippen LogP contribution in [0.5, 0.6) is 0 Å². The van der Waals surface area contributed by atoms with Gasteiger partial charge in [0.1, 0.15) is 0 Å². The Morgan fingerprint density at radius 2 is 0.833 bits per heavy atom. The zero-order chi connectivity index (χ0) is 2.71. The van der Waals surface area contributed by atoms with E-state index in [4.69, 9.17) is 0 Å². The normalized spacial score (nSPS) is 3.00. The Bertz CT molecular complexity index is 6.00. The Balaban J connectivity index is -0.00000000667. The maximum absolute atomic E-state index is 2.00. The van der Waals surface area contributed by atoms with Gasteiger partial charge in [-0.3, -0.25) is 0 Å². The molecule has 0 aliphatic heterocycles. The van der Waals surface area contributed by atoms with Crippen molar-refractivity contribution in [3.05, 3.63) is 6.42 Å². The van der Waals surface area contributed by atoms with E-state index in [0.717, 1.165) is 0 Å². The summed E-state index contributed by atoms with van der Waals surface area (Å²) in [5.41, 5.74) is 0. The average molecular weight is 844 g/mol. The van der Waals surface area contributed by atoms with Gasteiger partial charge in [-0.05, 0) is 0 Å². The molecule has 0 rings (SSSR count). The summed E-state index contributed by atoms with van der Waals surface area (Å²) in [4.78, 5) is 0. The molecule has 0 amide bonds. The summed E-state index contributed by atoms with van der Waals surface area (Å²) in [6.07, 6.45) is 2.00. The summed E-state index contributed by atoms with van der Waals surface area (Å²) in [5, 5.41) is 0. The van der Waals surface area contributed by atoms with Crippen molar-refractivity contribution in [2.24, 2.45) is 0 Å². The van der Waals surface area contributed by atoms with Crippen molar-refractivity contribution in [2.45, 2.75) is 13.8 Å². The van der Waals surface area contributed by atoms with Gasteiger partial charge in [-0.25, -0.2) is 0 Å². The summed E-state index contributed by atoms with van der Waals surface area (Å²) in [5.74, 6) is 0. The first-order chi connectivity index (χ1) is 1.41. The molecule has 26 valence electrons. The van der Waals surface area contributed by atoms with Crippen LogP contribution < -0.4 is 0 Å². The largest absolute Gasteiger partial charge is 0.335 e. The smallest absolute Gasteiger partial charge is 0 e. The molecule has 0 atom stereocenters. The number of hydrogen-bond donors (Lipinski definition) is 0. The van der Waals surface area contributed by atoms with Gasteiger partial charge in [-0.15, -0.1) is 0 Å². The van der Waals surface area contributed by atoms with Crippen molar-refractivity contribution < 1.29 is 0 Å². The Hall–Kier alpha value is -3.00. The second-order valence-corrected chi connectivity index (χ2v) is 0.577. The van der Waals surface area contributed by atoms with E-state index in [1.807, 2.05) is 20.3 Å². The van der Waals surface area contributed by atoms with Crippen LogP contribution in [0.25, 0.3) is 0 Å². The van der Waals surface area contributed by atoms with E-state index in [2.05, 4.69) is 0 Å². The van der Waals surface area contributed by atoms with Crippen LogP contribution in [0.4, 0.5) is 0 Å². The molecule has 0 aliphatic carbocycles. The van der Waals surface area contributed by atoms with Gasteiger partial charge in [-0.2, -0.15) is 13.8 Å². The Kier molecular flexibility index (Phi) is 1.00. The molecule has 0 N–H and O–H groups in total. The summed E-state index contributed by atoms with van der Waals surface area (Å²) in [6, 6.07) is 0. The molecular weight excluding hydrogens is 837 g/mol. The number of hydrogen-bond acceptors (Lipinski definition) is 0. The summed E-state index contributed by atoms with van der Waals surface area (Å²) >= 11 is 0. The van der Waals surface area contributed by atoms with Gasteiger partial charge in [-0.1, -0.05) is 0 Å². The molecular formula is C3H7Rf3-. The molecule has 0 saturated carbocycles. The van der Waals surface area contributed by atoms with E-state index in [9.17, 15) is 0 Å². The van der Waals surface area contributed by atoms with Gasteiger partial charge >= 0.3 is 0 Å². The van der Waals surface area contributed by atoms with Crippen molar-refractivity contribution >= 4 is 0 Å². The van der Waals surface area contributed by atoms with Crippen molar-refractivity contribution in [3.8, 4) is 0 Å². The molecule has 0 fully saturated rings. The fourth-order valence-electron chi connectivity index (χ4n) is 0. The Morgan fingerprint density at radius 3 is 0.833 bits per heavy atom. The van der Waals surface area contributed by atoms with Gasteiger partial charge in [0.2, 0.25) is 0 Å². The van der Waals surface area contributed by atoms with E-state index in [1.54, 1.807) is 0 Å². The standard InChI is InChI=1S/C3H7.3Rf/c1-3-2;;;/h3H,1-2H3;;;/q-1;;;. The van der Waals surface area contributed by atoms with Crippen molar-refractivity contribution in [3.63, 3.8) is 0 Å². The fourth-order valence-corrected chi connectivity index (χ4v) is 0. The minimum absolute atomic E-state index is 0. The predicted octanol–water partition coefficient (Wildman–Crippen LogP) is 1.23. The molecule has 0 aliphatic rings. The van der Waals surface area contributed by atoms with Crippen molar-refractivity contribution in [2.75, 3.05) is 0 Å². The monoisotopic (exact) mass is 844 g/mol. The van der Waals surface area contributed by atoms with Crippen LogP contribution in [-0.4, -0.2) is 0 Å². The molecule has 0 aromatic heterocycles. The average Bonchev–Trinajstić information content (AvgIpc) is 0.918. The zero-order valence-electron chi connectivity index (χ0n) is 4.70. The molecule has 0 aromatic carbocycles. The maximum Gasteiger partial charge on any atom is 0 e. The fraction of sp³-hybridized carbons (Fsp3) is 0.667. The van der Waals surface area contributed by atoms with Crippen LogP contribution in [0.1, 0.15) is 13.8 Å². The first-order valence-corrected chi connectivity index (χ1v) is 1.15. The molecule has 3 heteroatoms. The van der Waals surface area contributed by atoms with Crippen molar-refractivity contribution in [1.82, 2.24) is 0 Å². The molecule has 0 bridgehead atoms. The van der Waals surface area contributed by atoms with Crippen LogP contribution in [0.2, 0.25) is 0 Å².